The molecule has 0 bridgehead atoms. The summed E-state index contributed by atoms with van der Waals surface area (Å²) in [7, 11) is 0. The second kappa shape index (κ2) is 12.7. The maximum atomic E-state index is 10.3. The molecule has 0 fully saturated rings. The molecule has 5 rings (SSSR count). The van der Waals surface area contributed by atoms with Gasteiger partial charge in [-0.3, -0.25) is 9.98 Å². The van der Waals surface area contributed by atoms with E-state index in [-0.39, 0.29) is 4.75 Å². The number of thioether (sulfide) groups is 1. The van der Waals surface area contributed by atoms with Crippen LogP contribution in [0, 0.1) is 5.41 Å². The van der Waals surface area contributed by atoms with Crippen molar-refractivity contribution in [2.24, 2.45) is 10.4 Å². The molecular weight excluding hydrogens is 554 g/mol. The van der Waals surface area contributed by atoms with E-state index in [1.54, 1.807) is 6.20 Å². The molecule has 0 aliphatic carbocycles. The lowest BCUT2D eigenvalue weighted by Gasteiger charge is -2.29. The minimum absolute atomic E-state index is 0.0604. The van der Waals surface area contributed by atoms with E-state index in [0.717, 1.165) is 44.9 Å². The fraction of sp³-hybridized carbons (Fsp3) is 0.389. The Balaban J connectivity index is 1.56. The first-order valence-corrected chi connectivity index (χ1v) is 15.8. The fourth-order valence-corrected chi connectivity index (χ4v) is 6.37. The van der Waals surface area contributed by atoms with Gasteiger partial charge < -0.3 is 19.5 Å². The lowest BCUT2D eigenvalue weighted by Crippen LogP contribution is -2.32. The van der Waals surface area contributed by atoms with Gasteiger partial charge in [0, 0.05) is 50.6 Å². The smallest absolute Gasteiger partial charge is 0.156 e. The summed E-state index contributed by atoms with van der Waals surface area (Å²) in [6, 6.07) is 21.1. The van der Waals surface area contributed by atoms with Crippen molar-refractivity contribution in [2.75, 3.05) is 0 Å². The number of hydrogen-bond acceptors (Lipinski definition) is 6. The highest BCUT2D eigenvalue weighted by Crippen LogP contribution is 2.44. The third-order valence-electron chi connectivity index (χ3n) is 7.71. The molecule has 1 unspecified atom stereocenters. The van der Waals surface area contributed by atoms with Crippen molar-refractivity contribution >= 4 is 34.5 Å². The Morgan fingerprint density at radius 1 is 1.02 bits per heavy atom. The monoisotopic (exact) mass is 597 g/mol. The summed E-state index contributed by atoms with van der Waals surface area (Å²) in [6.07, 6.45) is 6.03. The van der Waals surface area contributed by atoms with Crippen molar-refractivity contribution in [3.05, 3.63) is 95.5 Å². The average molecular weight is 598 g/mol. The van der Waals surface area contributed by atoms with Crippen molar-refractivity contribution in [3.8, 4) is 5.75 Å². The van der Waals surface area contributed by atoms with Gasteiger partial charge in [0.2, 0.25) is 0 Å². The molecule has 43 heavy (non-hydrogen) atoms. The Labute approximate surface area is 259 Å². The maximum Gasteiger partial charge on any atom is 0.156 e. The molecule has 0 spiro atoms. The second-order valence-corrected chi connectivity index (χ2v) is 15.0. The molecule has 226 valence electrons. The first kappa shape index (κ1) is 31.0. The second-order valence-electron chi connectivity index (χ2n) is 13.1. The van der Waals surface area contributed by atoms with Crippen LogP contribution in [0.3, 0.4) is 0 Å². The Morgan fingerprint density at radius 2 is 1.79 bits per heavy atom. The van der Waals surface area contributed by atoms with Gasteiger partial charge in [-0.15, -0.1) is 11.8 Å². The van der Waals surface area contributed by atoms with Gasteiger partial charge in [0.05, 0.1) is 11.7 Å². The molecule has 0 amide bonds. The van der Waals surface area contributed by atoms with Gasteiger partial charge >= 0.3 is 0 Å². The summed E-state index contributed by atoms with van der Waals surface area (Å²) in [4.78, 5) is 10.1. The molecule has 0 saturated carbocycles. The highest BCUT2D eigenvalue weighted by atomic mass is 32.2. The number of aliphatic hydroxyl groups excluding tert-OH is 1. The number of aliphatic imine (C=N–C) groups is 1. The van der Waals surface area contributed by atoms with Crippen LogP contribution in [-0.2, 0) is 19.6 Å². The Morgan fingerprint density at radius 3 is 2.42 bits per heavy atom. The topological polar surface area (TPSA) is 79.9 Å². The predicted octanol–water partition coefficient (Wildman–Crippen LogP) is 7.68. The normalized spacial score (nSPS) is 15.7. The molecule has 3 heterocycles. The minimum atomic E-state index is -1.45. The van der Waals surface area contributed by atoms with Crippen molar-refractivity contribution in [2.45, 2.75) is 89.5 Å². The van der Waals surface area contributed by atoms with Crippen molar-refractivity contribution in [1.82, 2.24) is 9.55 Å². The predicted molar refractivity (Wildman–Crippen MR) is 178 cm³/mol. The van der Waals surface area contributed by atoms with Crippen LogP contribution >= 0.6 is 11.8 Å². The molecule has 2 N–H and O–H groups in total. The molecule has 2 aromatic carbocycles. The zero-order valence-electron chi connectivity index (χ0n) is 26.0. The van der Waals surface area contributed by atoms with Crippen molar-refractivity contribution < 1.29 is 14.9 Å². The van der Waals surface area contributed by atoms with Crippen LogP contribution in [0.2, 0.25) is 0 Å². The van der Waals surface area contributed by atoms with Gasteiger partial charge in [0.15, 0.2) is 6.29 Å². The van der Waals surface area contributed by atoms with E-state index in [0.29, 0.717) is 25.6 Å². The number of benzene rings is 2. The van der Waals surface area contributed by atoms with E-state index in [1.165, 1.54) is 11.1 Å². The van der Waals surface area contributed by atoms with Crippen LogP contribution in [0.4, 0.5) is 0 Å². The summed E-state index contributed by atoms with van der Waals surface area (Å²) in [5, 5.41) is 21.7. The number of nitrogens with zero attached hydrogens (tertiary/aromatic N) is 3. The highest BCUT2D eigenvalue weighted by Gasteiger charge is 2.32. The molecule has 7 heteroatoms. The van der Waals surface area contributed by atoms with Gasteiger partial charge in [-0.2, -0.15) is 0 Å². The molecule has 2 aromatic heterocycles. The standard InChI is InChI=1S/C36H43N3O3S/c1-24-10-13-27(21-38-24)26-14-11-25(12-15-26)22-39-31-17-16-29(42-23-28-9-7-8-18-37-28)19-30(31)33(43-35(2,3)4)32(39)20-36(5,6)34(40)41/h7-9,11-19,21,24,34,40-41H,10,20,22-23H2,1-6H3. The summed E-state index contributed by atoms with van der Waals surface area (Å²) >= 11 is 1.81. The number of aliphatic hydroxyl groups is 2. The third kappa shape index (κ3) is 7.58. The molecule has 0 radical (unpaired) electrons. The van der Waals surface area contributed by atoms with E-state index in [2.05, 4.69) is 84.7 Å². The molecule has 0 saturated heterocycles. The fourth-order valence-electron chi connectivity index (χ4n) is 5.18. The highest BCUT2D eigenvalue weighted by molar-refractivity contribution is 8.00. The molecule has 1 atom stereocenters. The average Bonchev–Trinajstić information content (AvgIpc) is 3.22. The first-order valence-electron chi connectivity index (χ1n) is 15.0. The van der Waals surface area contributed by atoms with Crippen LogP contribution in [-0.4, -0.2) is 43.1 Å². The quantitative estimate of drug-likeness (QED) is 0.145. The van der Waals surface area contributed by atoms with Crippen LogP contribution in [0.5, 0.6) is 5.75 Å². The Kier molecular flexibility index (Phi) is 9.16. The summed E-state index contributed by atoms with van der Waals surface area (Å²) in [6.45, 7) is 13.6. The number of aromatic nitrogens is 2. The van der Waals surface area contributed by atoms with Crippen LogP contribution in [0.15, 0.2) is 82.8 Å². The number of ether oxygens (including phenoxy) is 1. The number of allylic oxidation sites excluding steroid dienone is 1. The zero-order chi connectivity index (χ0) is 30.8. The number of dihydropyridines is 1. The van der Waals surface area contributed by atoms with E-state index in [4.69, 9.17) is 4.74 Å². The van der Waals surface area contributed by atoms with Gasteiger partial charge in [-0.1, -0.05) is 71.0 Å². The number of rotatable bonds is 10. The molecular formula is C36H43N3O3S. The van der Waals surface area contributed by atoms with E-state index in [1.807, 2.05) is 56.1 Å². The molecule has 1 aliphatic heterocycles. The van der Waals surface area contributed by atoms with Crippen molar-refractivity contribution in [1.29, 1.82) is 0 Å². The summed E-state index contributed by atoms with van der Waals surface area (Å²) < 4.78 is 8.47. The van der Waals surface area contributed by atoms with Crippen molar-refractivity contribution in [3.63, 3.8) is 0 Å². The van der Waals surface area contributed by atoms with E-state index in [9.17, 15) is 10.2 Å². The lowest BCUT2D eigenvalue weighted by molar-refractivity contribution is -0.121. The van der Waals surface area contributed by atoms with Gasteiger partial charge in [0.1, 0.15) is 12.4 Å². The maximum absolute atomic E-state index is 10.3. The minimum Gasteiger partial charge on any atom is -0.487 e. The molecule has 4 aromatic rings. The lowest BCUT2D eigenvalue weighted by atomic mass is 9.87. The first-order chi connectivity index (χ1) is 20.4. The number of fused-ring (bicyclic) bond motifs is 1. The summed E-state index contributed by atoms with van der Waals surface area (Å²) in [5.41, 5.74) is 5.82. The van der Waals surface area contributed by atoms with Gasteiger partial charge in [-0.05, 0) is 66.8 Å². The zero-order valence-corrected chi connectivity index (χ0v) is 26.9. The van der Waals surface area contributed by atoms with Crippen LogP contribution in [0.25, 0.3) is 16.5 Å². The number of pyridine rings is 1. The summed E-state index contributed by atoms with van der Waals surface area (Å²) in [5.74, 6) is 0.778. The largest absolute Gasteiger partial charge is 0.487 e. The van der Waals surface area contributed by atoms with E-state index < -0.39 is 11.7 Å². The van der Waals surface area contributed by atoms with Crippen LogP contribution in [0.1, 0.15) is 70.5 Å². The van der Waals surface area contributed by atoms with Gasteiger partial charge in [0.25, 0.3) is 0 Å². The van der Waals surface area contributed by atoms with Gasteiger partial charge in [-0.25, -0.2) is 0 Å². The SMILES string of the molecule is CC1CC=C(c2ccc(Cn3c(CC(C)(C)C(O)O)c(SC(C)(C)C)c4cc(OCc5ccccn5)ccc43)cc2)C=N1. The third-order valence-corrected chi connectivity index (χ3v) is 8.98. The molecule has 1 aliphatic rings. The van der Waals surface area contributed by atoms with Crippen LogP contribution < -0.4 is 4.74 Å². The molecule has 6 nitrogen and oxygen atoms in total. The Bertz CT molecular complexity index is 1610. The number of hydrogen-bond donors (Lipinski definition) is 2. The van der Waals surface area contributed by atoms with E-state index >= 15 is 0 Å². The Hall–Kier alpha value is -3.39.